The molecule has 0 saturated heterocycles. The van der Waals surface area contributed by atoms with Crippen molar-refractivity contribution in [2.75, 3.05) is 7.11 Å². The molecular weight excluding hydrogens is 188 g/mol. The number of carboxylic acid groups (broad SMARTS) is 1. The molecule has 14 heavy (non-hydrogen) atoms. The molecule has 1 N–H and O–H groups in total. The van der Waals surface area contributed by atoms with Gasteiger partial charge in [-0.2, -0.15) is 5.10 Å². The van der Waals surface area contributed by atoms with Crippen LogP contribution in [0, 0.1) is 0 Å². The fourth-order valence-corrected chi connectivity index (χ4v) is 0.880. The molecule has 1 atom stereocenters. The maximum absolute atomic E-state index is 11.0. The van der Waals surface area contributed by atoms with E-state index in [1.54, 1.807) is 0 Å². The molecule has 0 fully saturated rings. The van der Waals surface area contributed by atoms with Crippen molar-refractivity contribution in [3.05, 3.63) is 18.0 Å². The van der Waals surface area contributed by atoms with Gasteiger partial charge in [0.2, 0.25) is 0 Å². The highest BCUT2D eigenvalue weighted by molar-refractivity contribution is 5.87. The largest absolute Gasteiger partial charge is 0.480 e. The van der Waals surface area contributed by atoms with Crippen LogP contribution in [0.1, 0.15) is 23.5 Å². The van der Waals surface area contributed by atoms with Gasteiger partial charge >= 0.3 is 11.9 Å². The fourth-order valence-electron chi connectivity index (χ4n) is 0.880. The van der Waals surface area contributed by atoms with Gasteiger partial charge in [0.25, 0.3) is 0 Å². The SMILES string of the molecule is COC(=O)c1ccn([C@@H](C)C(=O)O)n1. The summed E-state index contributed by atoms with van der Waals surface area (Å²) >= 11 is 0. The lowest BCUT2D eigenvalue weighted by Crippen LogP contribution is -2.16. The third-order valence-electron chi connectivity index (χ3n) is 1.76. The van der Waals surface area contributed by atoms with Crippen molar-refractivity contribution < 1.29 is 19.4 Å². The van der Waals surface area contributed by atoms with Crippen LogP contribution in [0.5, 0.6) is 0 Å². The molecule has 1 rings (SSSR count). The van der Waals surface area contributed by atoms with Gasteiger partial charge in [0.1, 0.15) is 6.04 Å². The lowest BCUT2D eigenvalue weighted by atomic mass is 10.4. The molecule has 0 bridgehead atoms. The van der Waals surface area contributed by atoms with Gasteiger partial charge in [-0.25, -0.2) is 9.59 Å². The van der Waals surface area contributed by atoms with E-state index in [1.165, 1.54) is 31.0 Å². The van der Waals surface area contributed by atoms with Crippen LogP contribution < -0.4 is 0 Å². The third-order valence-corrected chi connectivity index (χ3v) is 1.76. The number of ether oxygens (including phenoxy) is 1. The summed E-state index contributed by atoms with van der Waals surface area (Å²) < 4.78 is 5.62. The van der Waals surface area contributed by atoms with Gasteiger partial charge in [0.15, 0.2) is 5.69 Å². The first-order valence-corrected chi connectivity index (χ1v) is 3.92. The van der Waals surface area contributed by atoms with Crippen LogP contribution in [0.3, 0.4) is 0 Å². The number of hydrogen-bond acceptors (Lipinski definition) is 4. The monoisotopic (exact) mass is 198 g/mol. The van der Waals surface area contributed by atoms with E-state index in [0.29, 0.717) is 0 Å². The minimum absolute atomic E-state index is 0.0978. The number of nitrogens with zero attached hydrogens (tertiary/aromatic N) is 2. The summed E-state index contributed by atoms with van der Waals surface area (Å²) in [5.74, 6) is -1.59. The molecule has 6 nitrogen and oxygen atoms in total. The average Bonchev–Trinajstić information content (AvgIpc) is 2.64. The first-order chi connectivity index (χ1) is 6.56. The molecule has 76 valence electrons. The zero-order chi connectivity index (χ0) is 10.7. The predicted octanol–water partition coefficient (Wildman–Crippen LogP) is 0.315. The van der Waals surface area contributed by atoms with Gasteiger partial charge in [-0.15, -0.1) is 0 Å². The Morgan fingerprint density at radius 1 is 1.64 bits per heavy atom. The summed E-state index contributed by atoms with van der Waals surface area (Å²) in [5, 5.41) is 12.4. The summed E-state index contributed by atoms with van der Waals surface area (Å²) in [6.45, 7) is 1.47. The Morgan fingerprint density at radius 3 is 2.79 bits per heavy atom. The Balaban J connectivity index is 2.88. The zero-order valence-electron chi connectivity index (χ0n) is 7.80. The summed E-state index contributed by atoms with van der Waals surface area (Å²) in [6.07, 6.45) is 1.42. The van der Waals surface area contributed by atoms with E-state index in [4.69, 9.17) is 5.11 Å². The number of carbonyl (C=O) groups is 2. The molecule has 0 aliphatic heterocycles. The predicted molar refractivity (Wildman–Crippen MR) is 45.9 cm³/mol. The van der Waals surface area contributed by atoms with Crippen LogP contribution in [0.25, 0.3) is 0 Å². The normalized spacial score (nSPS) is 12.1. The molecule has 0 saturated carbocycles. The first kappa shape index (κ1) is 10.2. The highest BCUT2D eigenvalue weighted by atomic mass is 16.5. The van der Waals surface area contributed by atoms with E-state index in [0.717, 1.165) is 0 Å². The number of carbonyl (C=O) groups excluding carboxylic acids is 1. The van der Waals surface area contributed by atoms with E-state index in [-0.39, 0.29) is 5.69 Å². The Morgan fingerprint density at radius 2 is 2.29 bits per heavy atom. The number of rotatable bonds is 3. The van der Waals surface area contributed by atoms with Crippen LogP contribution >= 0.6 is 0 Å². The Hall–Kier alpha value is -1.85. The molecule has 0 radical (unpaired) electrons. The number of aliphatic carboxylic acids is 1. The molecule has 1 aromatic heterocycles. The molecule has 6 heteroatoms. The number of esters is 1. The van der Waals surface area contributed by atoms with Gasteiger partial charge in [-0.05, 0) is 13.0 Å². The zero-order valence-corrected chi connectivity index (χ0v) is 7.80. The van der Waals surface area contributed by atoms with E-state index < -0.39 is 18.0 Å². The van der Waals surface area contributed by atoms with Gasteiger partial charge in [0.05, 0.1) is 7.11 Å². The summed E-state index contributed by atoms with van der Waals surface area (Å²) in [6, 6.07) is 0.610. The number of carboxylic acids is 1. The van der Waals surface area contributed by atoms with Crippen molar-refractivity contribution in [1.82, 2.24) is 9.78 Å². The molecule has 0 aliphatic rings. The molecule has 0 aromatic carbocycles. The molecule has 0 aliphatic carbocycles. The minimum Gasteiger partial charge on any atom is -0.480 e. The summed E-state index contributed by atoms with van der Waals surface area (Å²) in [7, 11) is 1.24. The van der Waals surface area contributed by atoms with Crippen molar-refractivity contribution in [3.63, 3.8) is 0 Å². The fraction of sp³-hybridized carbons (Fsp3) is 0.375. The maximum atomic E-state index is 11.0. The van der Waals surface area contributed by atoms with Crippen LogP contribution in [-0.2, 0) is 9.53 Å². The molecule has 0 unspecified atom stereocenters. The van der Waals surface area contributed by atoms with Gasteiger partial charge in [-0.3, -0.25) is 4.68 Å². The molecule has 0 amide bonds. The molecular formula is C8H10N2O4. The highest BCUT2D eigenvalue weighted by Gasteiger charge is 2.16. The second-order valence-electron chi connectivity index (χ2n) is 2.69. The van der Waals surface area contributed by atoms with E-state index >= 15 is 0 Å². The van der Waals surface area contributed by atoms with E-state index in [9.17, 15) is 9.59 Å². The van der Waals surface area contributed by atoms with Crippen molar-refractivity contribution in [2.45, 2.75) is 13.0 Å². The first-order valence-electron chi connectivity index (χ1n) is 3.92. The van der Waals surface area contributed by atoms with Crippen molar-refractivity contribution in [2.24, 2.45) is 0 Å². The van der Waals surface area contributed by atoms with Crippen molar-refractivity contribution >= 4 is 11.9 Å². The van der Waals surface area contributed by atoms with Gasteiger partial charge in [0, 0.05) is 6.20 Å². The van der Waals surface area contributed by atoms with Crippen LogP contribution in [0.15, 0.2) is 12.3 Å². The van der Waals surface area contributed by atoms with Crippen LogP contribution in [0.2, 0.25) is 0 Å². The minimum atomic E-state index is -1.01. The Kier molecular flexibility index (Phi) is 2.85. The highest BCUT2D eigenvalue weighted by Crippen LogP contribution is 2.06. The van der Waals surface area contributed by atoms with Crippen LogP contribution in [0.4, 0.5) is 0 Å². The Labute approximate surface area is 80.1 Å². The topological polar surface area (TPSA) is 81.4 Å². The van der Waals surface area contributed by atoms with E-state index in [2.05, 4.69) is 9.84 Å². The second kappa shape index (κ2) is 3.91. The van der Waals surface area contributed by atoms with E-state index in [1.807, 2.05) is 0 Å². The maximum Gasteiger partial charge on any atom is 0.358 e. The average molecular weight is 198 g/mol. The number of hydrogen-bond donors (Lipinski definition) is 1. The smallest absolute Gasteiger partial charge is 0.358 e. The van der Waals surface area contributed by atoms with Crippen molar-refractivity contribution in [1.29, 1.82) is 0 Å². The van der Waals surface area contributed by atoms with Crippen LogP contribution in [-0.4, -0.2) is 33.9 Å². The van der Waals surface area contributed by atoms with Gasteiger partial charge < -0.3 is 9.84 Å². The van der Waals surface area contributed by atoms with Crippen molar-refractivity contribution in [3.8, 4) is 0 Å². The number of methoxy groups -OCH3 is 1. The number of aromatic nitrogens is 2. The Bertz CT molecular complexity index is 358. The second-order valence-corrected chi connectivity index (χ2v) is 2.69. The molecule has 0 spiro atoms. The molecule has 1 heterocycles. The standard InChI is InChI=1S/C8H10N2O4/c1-5(7(11)12)10-4-3-6(9-10)8(13)14-2/h3-5H,1-2H3,(H,11,12)/t5-/m0/s1. The quantitative estimate of drug-likeness (QED) is 0.707. The summed E-state index contributed by atoms with van der Waals surface area (Å²) in [5.41, 5.74) is 0.0978. The summed E-state index contributed by atoms with van der Waals surface area (Å²) in [4.78, 5) is 21.5. The van der Waals surface area contributed by atoms with Gasteiger partial charge in [-0.1, -0.05) is 0 Å². The molecule has 1 aromatic rings. The lowest BCUT2D eigenvalue weighted by Gasteiger charge is -2.05. The lowest BCUT2D eigenvalue weighted by molar-refractivity contribution is -0.140. The third kappa shape index (κ3) is 1.90.